The third kappa shape index (κ3) is 6.25. The molecule has 2 aliphatic rings. The number of rotatable bonds is 9. The first-order valence-electron chi connectivity index (χ1n) is 12.3. The quantitative estimate of drug-likeness (QED) is 0.565. The van der Waals surface area contributed by atoms with Crippen LogP contribution in [0.25, 0.3) is 0 Å². The van der Waals surface area contributed by atoms with E-state index in [0.29, 0.717) is 42.8 Å². The van der Waals surface area contributed by atoms with Gasteiger partial charge in [-0.05, 0) is 35.6 Å². The van der Waals surface area contributed by atoms with Gasteiger partial charge in [0.25, 0.3) is 0 Å². The zero-order chi connectivity index (χ0) is 24.9. The molecule has 2 aromatic carbocycles. The van der Waals surface area contributed by atoms with Crippen LogP contribution < -0.4 is 19.9 Å². The van der Waals surface area contributed by atoms with Crippen molar-refractivity contribution in [1.82, 2.24) is 9.80 Å². The Morgan fingerprint density at radius 2 is 1.83 bits per heavy atom. The van der Waals surface area contributed by atoms with Gasteiger partial charge in [-0.2, -0.15) is 0 Å². The summed E-state index contributed by atoms with van der Waals surface area (Å²) in [7, 11) is 1.60. The van der Waals surface area contributed by atoms with Gasteiger partial charge in [0.1, 0.15) is 24.5 Å². The van der Waals surface area contributed by atoms with Gasteiger partial charge in [-0.25, -0.2) is 0 Å². The summed E-state index contributed by atoms with van der Waals surface area (Å²) >= 11 is 0. The van der Waals surface area contributed by atoms with E-state index in [9.17, 15) is 9.90 Å². The van der Waals surface area contributed by atoms with Crippen LogP contribution in [-0.4, -0.2) is 79.5 Å². The summed E-state index contributed by atoms with van der Waals surface area (Å²) in [5, 5.41) is 10.8. The number of carbonyl (C=O) groups excluding carboxylic acids is 1. The highest BCUT2D eigenvalue weighted by atomic mass is 16.6. The number of benzene rings is 2. The largest absolute Gasteiger partial charge is 0.497 e. The molecule has 0 aromatic heterocycles. The number of aliphatic hydroxyl groups is 1. The molecule has 0 saturated carbocycles. The topological polar surface area (TPSA) is 97.5 Å². The van der Waals surface area contributed by atoms with Gasteiger partial charge in [-0.15, -0.1) is 0 Å². The zero-order valence-corrected chi connectivity index (χ0v) is 20.9. The van der Waals surface area contributed by atoms with Crippen LogP contribution in [-0.2, 0) is 11.2 Å². The number of hydrogen-bond acceptors (Lipinski definition) is 7. The molecule has 190 valence electrons. The minimum absolute atomic E-state index is 0.289. The molecule has 0 aliphatic carbocycles. The molecular formula is C27H37N3O5. The number of primary amides is 1. The van der Waals surface area contributed by atoms with Crippen LogP contribution in [0.3, 0.4) is 0 Å². The van der Waals surface area contributed by atoms with Gasteiger partial charge in [0.05, 0.1) is 7.11 Å². The number of hydrogen-bond donors (Lipinski definition) is 2. The molecule has 1 fully saturated rings. The molecule has 4 rings (SSSR count). The van der Waals surface area contributed by atoms with Crippen molar-refractivity contribution >= 4 is 5.91 Å². The van der Waals surface area contributed by atoms with Gasteiger partial charge in [-0.1, -0.05) is 38.1 Å². The van der Waals surface area contributed by atoms with E-state index in [0.717, 1.165) is 25.1 Å². The summed E-state index contributed by atoms with van der Waals surface area (Å²) in [6, 6.07) is 13.2. The number of nitrogens with two attached hydrogens (primary N) is 1. The van der Waals surface area contributed by atoms with Crippen LogP contribution in [0.15, 0.2) is 42.5 Å². The van der Waals surface area contributed by atoms with Gasteiger partial charge in [0, 0.05) is 38.8 Å². The Morgan fingerprint density at radius 1 is 1.11 bits per heavy atom. The van der Waals surface area contributed by atoms with Gasteiger partial charge in [0.15, 0.2) is 17.6 Å². The van der Waals surface area contributed by atoms with E-state index in [4.69, 9.17) is 19.9 Å². The van der Waals surface area contributed by atoms with E-state index in [1.165, 1.54) is 5.56 Å². The molecule has 2 aromatic rings. The Bertz CT molecular complexity index is 989. The summed E-state index contributed by atoms with van der Waals surface area (Å²) in [6.45, 7) is 7.98. The summed E-state index contributed by atoms with van der Waals surface area (Å²) in [5.74, 6) is 2.15. The smallest absolute Gasteiger partial charge is 0.239 e. The second-order valence-electron chi connectivity index (χ2n) is 9.83. The molecule has 3 N–H and O–H groups in total. The molecular weight excluding hydrogens is 446 g/mol. The highest BCUT2D eigenvalue weighted by Crippen LogP contribution is 2.35. The number of carbonyl (C=O) groups is 1. The maximum absolute atomic E-state index is 12.4. The molecule has 1 amide bonds. The van der Waals surface area contributed by atoms with Crippen molar-refractivity contribution in [1.29, 1.82) is 0 Å². The van der Waals surface area contributed by atoms with Gasteiger partial charge >= 0.3 is 0 Å². The van der Waals surface area contributed by atoms with Crippen molar-refractivity contribution in [3.63, 3.8) is 0 Å². The Morgan fingerprint density at radius 3 is 2.46 bits per heavy atom. The molecule has 8 nitrogen and oxygen atoms in total. The first-order valence-corrected chi connectivity index (χ1v) is 12.3. The SMILES string of the molecule is COc1ccc2c(c1)OC(C(O)CN1CCN(C(C(N)=O)c3ccc(CC(C)C)cc3)CC1)CO2. The fourth-order valence-corrected chi connectivity index (χ4v) is 4.83. The van der Waals surface area contributed by atoms with Gasteiger partial charge in [-0.3, -0.25) is 14.6 Å². The Labute approximate surface area is 207 Å². The maximum Gasteiger partial charge on any atom is 0.239 e. The summed E-state index contributed by atoms with van der Waals surface area (Å²) in [4.78, 5) is 16.7. The Balaban J connectivity index is 1.31. The van der Waals surface area contributed by atoms with E-state index < -0.39 is 18.2 Å². The van der Waals surface area contributed by atoms with E-state index in [1.807, 2.05) is 24.3 Å². The molecule has 2 heterocycles. The van der Waals surface area contributed by atoms with Crippen molar-refractivity contribution in [3.8, 4) is 17.2 Å². The van der Waals surface area contributed by atoms with Crippen molar-refractivity contribution in [2.45, 2.75) is 38.5 Å². The fraction of sp³-hybridized carbons (Fsp3) is 0.519. The number of methoxy groups -OCH3 is 1. The number of ether oxygens (including phenoxy) is 3. The molecule has 35 heavy (non-hydrogen) atoms. The molecule has 2 aliphatic heterocycles. The predicted octanol–water partition coefficient (Wildman–Crippen LogP) is 2.24. The third-order valence-electron chi connectivity index (χ3n) is 6.69. The van der Waals surface area contributed by atoms with Gasteiger partial charge < -0.3 is 25.1 Å². The lowest BCUT2D eigenvalue weighted by Crippen LogP contribution is -2.54. The zero-order valence-electron chi connectivity index (χ0n) is 20.9. The highest BCUT2D eigenvalue weighted by Gasteiger charge is 2.33. The fourth-order valence-electron chi connectivity index (χ4n) is 4.83. The maximum atomic E-state index is 12.4. The van der Waals surface area contributed by atoms with Crippen molar-refractivity contribution in [2.75, 3.05) is 46.4 Å². The number of fused-ring (bicyclic) bond motifs is 1. The number of nitrogens with zero attached hydrogens (tertiary/aromatic N) is 2. The van der Waals surface area contributed by atoms with Crippen molar-refractivity contribution in [3.05, 3.63) is 53.6 Å². The minimum atomic E-state index is -0.707. The standard InChI is InChI=1S/C27H37N3O5/c1-18(2)14-19-4-6-20(7-5-19)26(27(28)32)30-12-10-29(11-13-30)16-22(31)25-17-34-23-9-8-21(33-3)15-24(23)35-25/h4-9,15,18,22,25-26,31H,10-14,16-17H2,1-3H3,(H2,28,32). The van der Waals surface area contributed by atoms with Crippen LogP contribution in [0.1, 0.15) is 31.0 Å². The highest BCUT2D eigenvalue weighted by molar-refractivity contribution is 5.81. The van der Waals surface area contributed by atoms with E-state index in [-0.39, 0.29) is 12.5 Å². The minimum Gasteiger partial charge on any atom is -0.497 e. The second-order valence-corrected chi connectivity index (χ2v) is 9.83. The third-order valence-corrected chi connectivity index (χ3v) is 6.69. The van der Waals surface area contributed by atoms with Crippen LogP contribution >= 0.6 is 0 Å². The van der Waals surface area contributed by atoms with Crippen LogP contribution in [0, 0.1) is 5.92 Å². The molecule has 0 radical (unpaired) electrons. The normalized spacial score (nSPS) is 20.4. The molecule has 0 bridgehead atoms. The summed E-state index contributed by atoms with van der Waals surface area (Å²) in [5.41, 5.74) is 8.01. The first kappa shape index (κ1) is 25.3. The average Bonchev–Trinajstić information content (AvgIpc) is 2.85. The van der Waals surface area contributed by atoms with Crippen LogP contribution in [0.4, 0.5) is 0 Å². The Hall–Kier alpha value is -2.81. The summed E-state index contributed by atoms with van der Waals surface area (Å²) in [6.07, 6.45) is -0.158. The second kappa shape index (κ2) is 11.3. The number of amides is 1. The Kier molecular flexibility index (Phi) is 8.15. The molecule has 1 saturated heterocycles. The lowest BCUT2D eigenvalue weighted by Gasteiger charge is -2.40. The summed E-state index contributed by atoms with van der Waals surface area (Å²) < 4.78 is 17.0. The number of aliphatic hydroxyl groups excluding tert-OH is 1. The predicted molar refractivity (Wildman–Crippen MR) is 134 cm³/mol. The molecule has 3 unspecified atom stereocenters. The van der Waals surface area contributed by atoms with Crippen molar-refractivity contribution in [2.24, 2.45) is 11.7 Å². The van der Waals surface area contributed by atoms with Crippen LogP contribution in [0.5, 0.6) is 17.2 Å². The van der Waals surface area contributed by atoms with E-state index in [1.54, 1.807) is 13.2 Å². The molecule has 3 atom stereocenters. The lowest BCUT2D eigenvalue weighted by atomic mass is 9.98. The number of β-amino-alcohol motifs (C(OH)–C–C–N with tert-alkyl or cyclic N) is 1. The monoisotopic (exact) mass is 483 g/mol. The molecule has 8 heteroatoms. The first-order chi connectivity index (χ1) is 16.8. The van der Waals surface area contributed by atoms with E-state index >= 15 is 0 Å². The number of piperazine rings is 1. The average molecular weight is 484 g/mol. The van der Waals surface area contributed by atoms with Crippen LogP contribution in [0.2, 0.25) is 0 Å². The molecule has 0 spiro atoms. The lowest BCUT2D eigenvalue weighted by molar-refractivity contribution is -0.124. The van der Waals surface area contributed by atoms with Crippen molar-refractivity contribution < 1.29 is 24.1 Å². The van der Waals surface area contributed by atoms with E-state index in [2.05, 4.69) is 35.8 Å². The van der Waals surface area contributed by atoms with Gasteiger partial charge in [0.2, 0.25) is 5.91 Å².